The van der Waals surface area contributed by atoms with Crippen molar-refractivity contribution in [2.45, 2.75) is 77.7 Å². The van der Waals surface area contributed by atoms with Crippen LogP contribution >= 0.6 is 0 Å². The van der Waals surface area contributed by atoms with Gasteiger partial charge in [-0.2, -0.15) is 0 Å². The number of hydrogen-bond acceptors (Lipinski definition) is 6. The largest absolute Gasteiger partial charge is 0.450 e. The highest BCUT2D eigenvalue weighted by atomic mass is 19.1. The number of carbonyl (C=O) groups excluding carboxylic acids is 3. The molecule has 4 rings (SSSR count). The molecule has 0 radical (unpaired) electrons. The molecule has 0 aromatic carbocycles. The van der Waals surface area contributed by atoms with Gasteiger partial charge in [-0.1, -0.05) is 33.8 Å². The van der Waals surface area contributed by atoms with Gasteiger partial charge in [0.05, 0.1) is 6.10 Å². The number of rotatable bonds is 5. The summed E-state index contributed by atoms with van der Waals surface area (Å²) in [7, 11) is 0. The van der Waals surface area contributed by atoms with E-state index < -0.39 is 47.1 Å². The SMILES string of the molecule is CCCC(=O)O[C@]1(C(=O)CO)[C@H](C)C[C@H]2[C@@H]3C[C@H](F)C4=CC(=O)C=C[C@]4(C)[C@H]3C(O)C[C@@]21C. The van der Waals surface area contributed by atoms with Gasteiger partial charge in [-0.15, -0.1) is 0 Å². The molecule has 182 valence electrons. The number of halogens is 1. The van der Waals surface area contributed by atoms with Crippen molar-refractivity contribution in [3.8, 4) is 0 Å². The van der Waals surface area contributed by atoms with Crippen LogP contribution in [0, 0.1) is 34.5 Å². The van der Waals surface area contributed by atoms with Crippen molar-refractivity contribution in [3.05, 3.63) is 23.8 Å². The molecule has 4 aliphatic carbocycles. The first-order valence-electron chi connectivity index (χ1n) is 12.1. The van der Waals surface area contributed by atoms with E-state index in [1.807, 2.05) is 27.7 Å². The second-order valence-corrected chi connectivity index (χ2v) is 11.0. The molecule has 0 aromatic rings. The highest BCUT2D eigenvalue weighted by Crippen LogP contribution is 2.69. The Labute approximate surface area is 194 Å². The van der Waals surface area contributed by atoms with E-state index in [4.69, 9.17) is 4.74 Å². The Balaban J connectivity index is 1.81. The fourth-order valence-corrected chi connectivity index (χ4v) is 8.07. The van der Waals surface area contributed by atoms with Crippen LogP contribution in [0.2, 0.25) is 0 Å². The van der Waals surface area contributed by atoms with Crippen molar-refractivity contribution in [2.24, 2.45) is 34.5 Å². The maximum atomic E-state index is 15.5. The van der Waals surface area contributed by atoms with Crippen LogP contribution in [0.15, 0.2) is 23.8 Å². The molecule has 0 aliphatic heterocycles. The first kappa shape index (κ1) is 24.3. The zero-order chi connectivity index (χ0) is 24.3. The van der Waals surface area contributed by atoms with Crippen LogP contribution < -0.4 is 0 Å². The number of allylic oxidation sites excluding steroid dienone is 4. The molecule has 9 atom stereocenters. The van der Waals surface area contributed by atoms with Crippen molar-refractivity contribution in [1.82, 2.24) is 0 Å². The summed E-state index contributed by atoms with van der Waals surface area (Å²) >= 11 is 0. The van der Waals surface area contributed by atoms with Gasteiger partial charge in [0.2, 0.25) is 5.78 Å². The van der Waals surface area contributed by atoms with Gasteiger partial charge in [0, 0.05) is 29.1 Å². The van der Waals surface area contributed by atoms with E-state index in [0.29, 0.717) is 18.4 Å². The molecule has 33 heavy (non-hydrogen) atoms. The monoisotopic (exact) mass is 462 g/mol. The van der Waals surface area contributed by atoms with Crippen LogP contribution in [0.1, 0.15) is 59.8 Å². The maximum Gasteiger partial charge on any atom is 0.306 e. The normalized spacial score (nSPS) is 46.2. The number of fused-ring (bicyclic) bond motifs is 5. The van der Waals surface area contributed by atoms with Gasteiger partial charge in [0.15, 0.2) is 11.4 Å². The van der Waals surface area contributed by atoms with E-state index in [1.165, 1.54) is 12.2 Å². The molecule has 0 amide bonds. The predicted molar refractivity (Wildman–Crippen MR) is 119 cm³/mol. The van der Waals surface area contributed by atoms with E-state index in [-0.39, 0.29) is 48.7 Å². The van der Waals surface area contributed by atoms with Crippen LogP contribution in [-0.4, -0.2) is 52.2 Å². The molecule has 1 unspecified atom stereocenters. The first-order valence-corrected chi connectivity index (χ1v) is 12.1. The molecule has 0 bridgehead atoms. The standard InChI is InChI=1S/C26H35FO6/c1-5-6-22(32)33-26(21(31)13-28)14(2)9-17-16-11-19(27)18-10-15(29)7-8-24(18,3)23(16)20(30)12-25(17,26)4/h7-8,10,14,16-17,19-20,23,28,30H,5-6,9,11-13H2,1-4H3/t14-,16+,17+,19+,20?,23-,24+,25+,26+/m1/s1. The molecular formula is C26H35FO6. The Morgan fingerprint density at radius 1 is 1.27 bits per heavy atom. The number of aliphatic hydroxyl groups is 2. The topological polar surface area (TPSA) is 101 Å². The smallest absolute Gasteiger partial charge is 0.306 e. The number of carbonyl (C=O) groups is 3. The summed E-state index contributed by atoms with van der Waals surface area (Å²) in [5.74, 6) is -2.46. The highest BCUT2D eigenvalue weighted by Gasteiger charge is 2.73. The van der Waals surface area contributed by atoms with Gasteiger partial charge in [-0.25, -0.2) is 4.39 Å². The molecule has 3 saturated carbocycles. The van der Waals surface area contributed by atoms with Crippen molar-refractivity contribution in [3.63, 3.8) is 0 Å². The van der Waals surface area contributed by atoms with Crippen LogP contribution in [0.4, 0.5) is 4.39 Å². The zero-order valence-electron chi connectivity index (χ0n) is 19.8. The fraction of sp³-hybridized carbons (Fsp3) is 0.731. The molecule has 3 fully saturated rings. The third-order valence-electron chi connectivity index (χ3n) is 9.30. The van der Waals surface area contributed by atoms with E-state index in [1.54, 1.807) is 6.08 Å². The lowest BCUT2D eigenvalue weighted by Gasteiger charge is -2.60. The van der Waals surface area contributed by atoms with Gasteiger partial charge >= 0.3 is 5.97 Å². The third-order valence-corrected chi connectivity index (χ3v) is 9.30. The number of esters is 1. The Bertz CT molecular complexity index is 926. The van der Waals surface area contributed by atoms with Gasteiger partial charge in [-0.05, 0) is 55.2 Å². The van der Waals surface area contributed by atoms with Crippen molar-refractivity contribution >= 4 is 17.5 Å². The van der Waals surface area contributed by atoms with Crippen LogP contribution in [0.3, 0.4) is 0 Å². The predicted octanol–water partition coefficient (Wildman–Crippen LogP) is 3.10. The Hall–Kier alpha value is -1.86. The van der Waals surface area contributed by atoms with Crippen molar-refractivity contribution in [1.29, 1.82) is 0 Å². The second kappa shape index (κ2) is 8.12. The van der Waals surface area contributed by atoms with Gasteiger partial charge in [-0.3, -0.25) is 14.4 Å². The number of aliphatic hydroxyl groups excluding tert-OH is 2. The van der Waals surface area contributed by atoms with E-state index in [0.717, 1.165) is 0 Å². The fourth-order valence-electron chi connectivity index (χ4n) is 8.07. The van der Waals surface area contributed by atoms with Crippen LogP contribution in [0.25, 0.3) is 0 Å². The van der Waals surface area contributed by atoms with E-state index in [9.17, 15) is 24.6 Å². The minimum atomic E-state index is -1.56. The number of ketones is 2. The van der Waals surface area contributed by atoms with Crippen molar-refractivity contribution in [2.75, 3.05) is 6.61 Å². The molecule has 2 N–H and O–H groups in total. The van der Waals surface area contributed by atoms with Crippen LogP contribution in [0.5, 0.6) is 0 Å². The molecule has 6 nitrogen and oxygen atoms in total. The molecule has 0 saturated heterocycles. The Morgan fingerprint density at radius 2 is 1.97 bits per heavy atom. The summed E-state index contributed by atoms with van der Waals surface area (Å²) in [6.45, 7) is 6.66. The molecule has 7 heteroatoms. The lowest BCUT2D eigenvalue weighted by Crippen LogP contribution is -2.64. The minimum absolute atomic E-state index is 0.142. The van der Waals surface area contributed by atoms with Gasteiger partial charge in [0.1, 0.15) is 12.8 Å². The lowest BCUT2D eigenvalue weighted by atomic mass is 9.46. The quantitative estimate of drug-likeness (QED) is 0.609. The summed E-state index contributed by atoms with van der Waals surface area (Å²) in [6, 6.07) is 0. The number of ether oxygens (including phenoxy) is 1. The average Bonchev–Trinajstić information content (AvgIpc) is 2.96. The first-order chi connectivity index (χ1) is 15.5. The van der Waals surface area contributed by atoms with Crippen LogP contribution in [-0.2, 0) is 19.1 Å². The highest BCUT2D eigenvalue weighted by molar-refractivity contribution is 6.01. The summed E-state index contributed by atoms with van der Waals surface area (Å²) in [5.41, 5.74) is -2.89. The Morgan fingerprint density at radius 3 is 2.61 bits per heavy atom. The molecule has 4 aliphatic rings. The summed E-state index contributed by atoms with van der Waals surface area (Å²) in [4.78, 5) is 37.9. The number of alkyl halides is 1. The zero-order valence-corrected chi connectivity index (χ0v) is 19.8. The Kier molecular flexibility index (Phi) is 5.97. The van der Waals surface area contributed by atoms with Gasteiger partial charge in [0.25, 0.3) is 0 Å². The lowest BCUT2D eigenvalue weighted by molar-refractivity contribution is -0.206. The molecule has 0 heterocycles. The summed E-state index contributed by atoms with van der Waals surface area (Å²) in [6.07, 6.45) is 3.89. The van der Waals surface area contributed by atoms with Gasteiger partial charge < -0.3 is 14.9 Å². The molecular weight excluding hydrogens is 427 g/mol. The van der Waals surface area contributed by atoms with E-state index in [2.05, 4.69) is 0 Å². The summed E-state index contributed by atoms with van der Waals surface area (Å²) in [5, 5.41) is 21.4. The summed E-state index contributed by atoms with van der Waals surface area (Å²) < 4.78 is 21.5. The number of hydrogen-bond donors (Lipinski definition) is 2. The molecule has 0 aromatic heterocycles. The van der Waals surface area contributed by atoms with Crippen molar-refractivity contribution < 1.29 is 33.7 Å². The molecule has 0 spiro atoms. The average molecular weight is 463 g/mol. The maximum absolute atomic E-state index is 15.5. The number of Topliss-reactive ketones (excluding diaryl/α,β-unsaturated/α-hetero) is 1. The van der Waals surface area contributed by atoms with E-state index >= 15 is 4.39 Å². The third kappa shape index (κ3) is 3.22. The minimum Gasteiger partial charge on any atom is -0.450 e. The second-order valence-electron chi connectivity index (χ2n) is 11.0.